The monoisotopic (exact) mass is 471 g/mol. The van der Waals surface area contributed by atoms with Crippen molar-refractivity contribution in [1.82, 2.24) is 16.0 Å². The Labute approximate surface area is 171 Å². The van der Waals surface area contributed by atoms with Gasteiger partial charge in [-0.1, -0.05) is 12.0 Å². The Kier molecular flexibility index (Phi) is 10.4. The van der Waals surface area contributed by atoms with Crippen LogP contribution in [0, 0.1) is 12.3 Å². The second kappa shape index (κ2) is 11.4. The van der Waals surface area contributed by atoms with Crippen molar-refractivity contribution in [2.75, 3.05) is 25.5 Å². The van der Waals surface area contributed by atoms with E-state index < -0.39 is 0 Å². The summed E-state index contributed by atoms with van der Waals surface area (Å²) in [5.41, 5.74) is 1.01. The number of guanidine groups is 1. The minimum absolute atomic E-state index is 0. The van der Waals surface area contributed by atoms with Crippen LogP contribution in [0.4, 0.5) is 5.69 Å². The fourth-order valence-electron chi connectivity index (χ4n) is 1.90. The third-order valence-corrected chi connectivity index (χ3v) is 2.88. The molecule has 0 saturated heterocycles. The van der Waals surface area contributed by atoms with E-state index in [1.807, 2.05) is 20.8 Å². The van der Waals surface area contributed by atoms with Crippen molar-refractivity contribution < 1.29 is 9.59 Å². The molecule has 2 amide bonds. The minimum Gasteiger partial charge on any atom is -0.350 e. The van der Waals surface area contributed by atoms with Gasteiger partial charge in [-0.2, -0.15) is 0 Å². The van der Waals surface area contributed by atoms with E-state index in [1.54, 1.807) is 31.3 Å². The third-order valence-electron chi connectivity index (χ3n) is 2.88. The van der Waals surface area contributed by atoms with E-state index >= 15 is 0 Å². The minimum atomic E-state index is -0.303. The van der Waals surface area contributed by atoms with Gasteiger partial charge in [-0.3, -0.25) is 14.6 Å². The number of aliphatic imine (C=N–C) groups is 1. The van der Waals surface area contributed by atoms with Crippen LogP contribution < -0.4 is 21.3 Å². The van der Waals surface area contributed by atoms with Crippen LogP contribution in [0.1, 0.15) is 26.3 Å². The maximum Gasteiger partial charge on any atom is 0.243 e. The van der Waals surface area contributed by atoms with E-state index in [4.69, 9.17) is 6.42 Å². The molecule has 0 aromatic heterocycles. The highest BCUT2D eigenvalue weighted by molar-refractivity contribution is 14.0. The van der Waals surface area contributed by atoms with E-state index in [9.17, 15) is 9.59 Å². The Balaban J connectivity index is 0.00000625. The molecule has 0 aliphatic rings. The zero-order chi connectivity index (χ0) is 18.9. The lowest BCUT2D eigenvalue weighted by Crippen LogP contribution is -2.49. The number of nitrogens with zero attached hydrogens (tertiary/aromatic N) is 1. The van der Waals surface area contributed by atoms with Crippen LogP contribution in [0.3, 0.4) is 0 Å². The molecule has 0 atom stereocenters. The lowest BCUT2D eigenvalue weighted by molar-refractivity contribution is -0.121. The number of carbonyl (C=O) groups excluding carboxylic acids is 2. The summed E-state index contributed by atoms with van der Waals surface area (Å²) in [5.74, 6) is 2.45. The zero-order valence-electron chi connectivity index (χ0n) is 15.5. The number of hydrogen-bond acceptors (Lipinski definition) is 3. The molecule has 0 bridgehead atoms. The number of halogens is 1. The average molecular weight is 471 g/mol. The van der Waals surface area contributed by atoms with Gasteiger partial charge in [0, 0.05) is 23.8 Å². The molecule has 1 aromatic carbocycles. The van der Waals surface area contributed by atoms with Crippen molar-refractivity contribution in [2.45, 2.75) is 26.3 Å². The van der Waals surface area contributed by atoms with Crippen LogP contribution >= 0.6 is 24.0 Å². The number of hydrogen-bond donors (Lipinski definition) is 4. The van der Waals surface area contributed by atoms with Crippen LogP contribution in [0.15, 0.2) is 29.3 Å². The molecule has 0 spiro atoms. The molecule has 0 saturated carbocycles. The lowest BCUT2D eigenvalue weighted by atomic mass is 10.1. The Morgan fingerprint density at radius 3 is 2.31 bits per heavy atom. The number of carbonyl (C=O) groups is 2. The van der Waals surface area contributed by atoms with Gasteiger partial charge in [-0.15, -0.1) is 30.4 Å². The van der Waals surface area contributed by atoms with E-state index in [0.29, 0.717) is 17.2 Å². The number of anilines is 1. The Hall–Kier alpha value is -2.28. The predicted octanol–water partition coefficient (Wildman–Crippen LogP) is 1.30. The fourth-order valence-corrected chi connectivity index (χ4v) is 1.90. The largest absolute Gasteiger partial charge is 0.350 e. The Morgan fingerprint density at radius 1 is 1.15 bits per heavy atom. The molecule has 4 N–H and O–H groups in total. The van der Waals surface area contributed by atoms with E-state index in [0.717, 1.165) is 0 Å². The van der Waals surface area contributed by atoms with Crippen molar-refractivity contribution in [3.05, 3.63) is 29.8 Å². The van der Waals surface area contributed by atoms with Crippen LogP contribution in [-0.4, -0.2) is 43.5 Å². The van der Waals surface area contributed by atoms with E-state index in [-0.39, 0.29) is 54.4 Å². The SMILES string of the molecule is C#Cc1cccc(NC(=O)CNC(=NC)NCC(=O)NC(C)(C)C)c1.I. The molecule has 0 unspecified atom stereocenters. The highest BCUT2D eigenvalue weighted by Crippen LogP contribution is 2.09. The van der Waals surface area contributed by atoms with Gasteiger partial charge in [0.1, 0.15) is 0 Å². The maximum absolute atomic E-state index is 12.0. The first-order chi connectivity index (χ1) is 11.7. The number of benzene rings is 1. The Bertz CT molecular complexity index is 690. The van der Waals surface area contributed by atoms with Crippen LogP contribution in [0.5, 0.6) is 0 Å². The van der Waals surface area contributed by atoms with Gasteiger partial charge in [0.05, 0.1) is 13.1 Å². The lowest BCUT2D eigenvalue weighted by Gasteiger charge is -2.21. The first-order valence-electron chi connectivity index (χ1n) is 7.85. The smallest absolute Gasteiger partial charge is 0.243 e. The van der Waals surface area contributed by atoms with Gasteiger partial charge < -0.3 is 21.3 Å². The third kappa shape index (κ3) is 9.88. The molecular formula is C18H26IN5O2. The van der Waals surface area contributed by atoms with Crippen molar-refractivity contribution in [3.8, 4) is 12.3 Å². The molecule has 1 rings (SSSR count). The molecule has 0 aliphatic carbocycles. The molecule has 0 radical (unpaired) electrons. The summed E-state index contributed by atoms with van der Waals surface area (Å²) < 4.78 is 0. The quantitative estimate of drug-likeness (QED) is 0.226. The summed E-state index contributed by atoms with van der Waals surface area (Å²) in [4.78, 5) is 27.7. The van der Waals surface area contributed by atoms with Crippen molar-refractivity contribution in [3.63, 3.8) is 0 Å². The van der Waals surface area contributed by atoms with Gasteiger partial charge in [-0.25, -0.2) is 0 Å². The molecule has 8 heteroatoms. The number of nitrogens with one attached hydrogen (secondary N) is 4. The fraction of sp³-hybridized carbons (Fsp3) is 0.389. The van der Waals surface area contributed by atoms with Crippen LogP contribution in [0.2, 0.25) is 0 Å². The van der Waals surface area contributed by atoms with Gasteiger partial charge >= 0.3 is 0 Å². The van der Waals surface area contributed by atoms with E-state index in [1.165, 1.54) is 0 Å². The molecule has 26 heavy (non-hydrogen) atoms. The number of amides is 2. The molecule has 0 fully saturated rings. The standard InChI is InChI=1S/C18H25N5O2.HI/c1-6-13-8-7-9-14(10-13)22-15(24)11-20-17(19-5)21-12-16(25)23-18(2,3)4;/h1,7-10H,11-12H2,2-5H3,(H,22,24)(H,23,25)(H2,19,20,21);1H. The topological polar surface area (TPSA) is 94.6 Å². The van der Waals surface area contributed by atoms with Gasteiger partial charge in [0.15, 0.2) is 5.96 Å². The normalized spacial score (nSPS) is 10.8. The number of terminal acetylenes is 1. The summed E-state index contributed by atoms with van der Waals surface area (Å²) in [6.07, 6.45) is 5.33. The number of rotatable bonds is 5. The van der Waals surface area contributed by atoms with Crippen LogP contribution in [0.25, 0.3) is 0 Å². The first kappa shape index (κ1) is 23.7. The van der Waals surface area contributed by atoms with Gasteiger partial charge in [0.25, 0.3) is 0 Å². The van der Waals surface area contributed by atoms with Gasteiger partial charge in [0.2, 0.25) is 11.8 Å². The molecule has 7 nitrogen and oxygen atoms in total. The molecular weight excluding hydrogens is 445 g/mol. The molecule has 142 valence electrons. The highest BCUT2D eigenvalue weighted by atomic mass is 127. The molecule has 0 heterocycles. The maximum atomic E-state index is 12.0. The van der Waals surface area contributed by atoms with Gasteiger partial charge in [-0.05, 0) is 39.0 Å². The highest BCUT2D eigenvalue weighted by Gasteiger charge is 2.13. The van der Waals surface area contributed by atoms with Crippen LogP contribution in [-0.2, 0) is 9.59 Å². The summed E-state index contributed by atoms with van der Waals surface area (Å²) in [7, 11) is 1.56. The van der Waals surface area contributed by atoms with Crippen molar-refractivity contribution >= 4 is 47.4 Å². The summed E-state index contributed by atoms with van der Waals surface area (Å²) >= 11 is 0. The predicted molar refractivity (Wildman–Crippen MR) is 116 cm³/mol. The summed E-state index contributed by atoms with van der Waals surface area (Å²) in [6, 6.07) is 7.01. The Morgan fingerprint density at radius 2 is 1.77 bits per heavy atom. The zero-order valence-corrected chi connectivity index (χ0v) is 17.8. The summed E-state index contributed by atoms with van der Waals surface area (Å²) in [5, 5.41) is 11.3. The first-order valence-corrected chi connectivity index (χ1v) is 7.85. The molecule has 0 aliphatic heterocycles. The van der Waals surface area contributed by atoms with Crippen molar-refractivity contribution in [2.24, 2.45) is 4.99 Å². The second-order valence-electron chi connectivity index (χ2n) is 6.35. The van der Waals surface area contributed by atoms with E-state index in [2.05, 4.69) is 32.2 Å². The molecule has 1 aromatic rings. The van der Waals surface area contributed by atoms with Crippen molar-refractivity contribution in [1.29, 1.82) is 0 Å². The average Bonchev–Trinajstić information content (AvgIpc) is 2.53. The summed E-state index contributed by atoms with van der Waals surface area (Å²) in [6.45, 7) is 5.76. The second-order valence-corrected chi connectivity index (χ2v) is 6.35.